The fourth-order valence-electron chi connectivity index (χ4n) is 11.5. The number of pyridine rings is 1. The van der Waals surface area contributed by atoms with Gasteiger partial charge in [0.25, 0.3) is 0 Å². The molecule has 0 fully saturated rings. The molecule has 0 atom stereocenters. The third-order valence-corrected chi connectivity index (χ3v) is 15.5. The lowest BCUT2D eigenvalue weighted by Gasteiger charge is -2.46. The van der Waals surface area contributed by atoms with E-state index in [1.54, 1.807) is 0 Å². The van der Waals surface area contributed by atoms with Crippen molar-refractivity contribution in [2.24, 2.45) is 0 Å². The molecule has 0 N–H and O–H groups in total. The SMILES string of the molecule is FC(F)(F)c1cc([B-](c2cc(C(F)(F)F)cc(C(F)(F)F)c2)(c2cc(C(F)(F)F)cc(C(F)(F)F)c2)c2cc(C(F)(F)F)cc(C(F)(F)F)c2)cc(C(F)(F)F)c1.O=C(C[n+]1cccc2ccccc21)c1c2cc3ccccc3cc2cc2cc3ccccc3cc12. The van der Waals surface area contributed by atoms with Crippen LogP contribution in [0.2, 0.25) is 0 Å². The van der Waals surface area contributed by atoms with Gasteiger partial charge in [-0.3, -0.25) is 4.79 Å². The van der Waals surface area contributed by atoms with Gasteiger partial charge in [-0.2, -0.15) is 132 Å². The molecule has 0 saturated heterocycles. The summed E-state index contributed by atoms with van der Waals surface area (Å²) >= 11 is 0. The van der Waals surface area contributed by atoms with Crippen LogP contribution >= 0.6 is 0 Å². The minimum absolute atomic E-state index is 0.118. The average Bonchev–Trinajstić information content (AvgIpc) is 0.750. The number of benzene rings is 10. The maximum Gasteiger partial charge on any atom is 0.416 e. The molecule has 476 valence electrons. The molecule has 11 rings (SSSR count). The van der Waals surface area contributed by atoms with Crippen LogP contribution in [0, 0.1) is 0 Å². The highest BCUT2D eigenvalue weighted by Gasteiger charge is 2.47. The van der Waals surface area contributed by atoms with Crippen molar-refractivity contribution in [3.05, 3.63) is 244 Å². The summed E-state index contributed by atoms with van der Waals surface area (Å²) < 4.78 is 343. The molecule has 0 aliphatic rings. The van der Waals surface area contributed by atoms with Crippen molar-refractivity contribution in [2.75, 3.05) is 0 Å². The monoisotopic (exact) mass is 1310 g/mol. The molecule has 0 bridgehead atoms. The second kappa shape index (κ2) is 22.8. The van der Waals surface area contributed by atoms with Gasteiger partial charge in [-0.15, -0.1) is 0 Å². The van der Waals surface area contributed by atoms with Gasteiger partial charge in [-0.05, 0) is 110 Å². The third kappa shape index (κ3) is 13.1. The molecule has 11 aromatic rings. The highest BCUT2D eigenvalue weighted by atomic mass is 19.4. The molecule has 1 aromatic heterocycles. The molecular formula is C65H34BF24NO. The van der Waals surface area contributed by atoms with Gasteiger partial charge in [0.15, 0.2) is 6.20 Å². The number of ketones is 1. The summed E-state index contributed by atoms with van der Waals surface area (Å²) in [6.07, 6.45) is -52.8. The lowest BCUT2D eigenvalue weighted by atomic mass is 9.12. The van der Waals surface area contributed by atoms with E-state index in [1.165, 1.54) is 10.8 Å². The molecule has 0 radical (unpaired) electrons. The summed E-state index contributed by atoms with van der Waals surface area (Å²) in [5.41, 5.74) is -28.3. The lowest BCUT2D eigenvalue weighted by Crippen LogP contribution is -2.75. The number of hydrogen-bond acceptors (Lipinski definition) is 1. The average molecular weight is 1310 g/mol. The maximum absolute atomic E-state index is 14.2. The highest BCUT2D eigenvalue weighted by Crippen LogP contribution is 2.43. The van der Waals surface area contributed by atoms with Crippen molar-refractivity contribution >= 4 is 87.8 Å². The number of fused-ring (bicyclic) bond motifs is 5. The van der Waals surface area contributed by atoms with Crippen LogP contribution < -0.4 is 26.4 Å². The topological polar surface area (TPSA) is 20.9 Å². The predicted octanol–water partition coefficient (Wildman–Crippen LogP) is 18.8. The standard InChI is InChI=1S/C33H22NO.C32H12BF24/c35-32(21-34-15-7-13-22-8-5-6-14-31(22)34)33-29-19-25-11-3-1-9-23(25)16-27(29)18-28-17-24-10-2-4-12-26(24)20-30(28)33;34-25(35,36)13-1-14(26(37,38)39)6-21(5-13)33(22-7-15(27(40,41)42)2-16(8-22)28(43,44)45,23-9-17(29(46,47)48)3-18(10-23)30(49,50)51)24-11-19(31(52,53)54)4-20(12-24)32(55,56)57/h1-20H,21H2;1-12H/q+1;-1. The van der Waals surface area contributed by atoms with Crippen molar-refractivity contribution < 1.29 is 115 Å². The molecule has 0 aliphatic heterocycles. The number of hydrogen-bond donors (Lipinski definition) is 0. The fraction of sp³-hybridized carbons (Fsp3) is 0.138. The Hall–Kier alpha value is -9.30. The number of carbonyl (C=O) groups is 1. The zero-order chi connectivity index (χ0) is 67.3. The Balaban J connectivity index is 0.000000223. The molecule has 0 amide bonds. The first-order valence-electron chi connectivity index (χ1n) is 26.5. The van der Waals surface area contributed by atoms with E-state index in [2.05, 4.69) is 102 Å². The number of para-hydroxylation sites is 1. The van der Waals surface area contributed by atoms with Crippen molar-refractivity contribution in [1.82, 2.24) is 0 Å². The smallest absolute Gasteiger partial charge is 0.287 e. The summed E-state index contributed by atoms with van der Waals surface area (Å²) in [6.45, 7) is 0.287. The summed E-state index contributed by atoms with van der Waals surface area (Å²) in [5, 5.41) is 10.00. The third-order valence-electron chi connectivity index (χ3n) is 15.5. The Morgan fingerprint density at radius 1 is 0.283 bits per heavy atom. The predicted molar refractivity (Wildman–Crippen MR) is 295 cm³/mol. The first kappa shape index (κ1) is 65.7. The van der Waals surface area contributed by atoms with E-state index >= 15 is 0 Å². The number of halogens is 24. The second-order valence-corrected chi connectivity index (χ2v) is 21.4. The first-order valence-corrected chi connectivity index (χ1v) is 26.5. The van der Waals surface area contributed by atoms with Crippen LogP contribution in [0.5, 0.6) is 0 Å². The molecule has 0 spiro atoms. The highest BCUT2D eigenvalue weighted by molar-refractivity contribution is 7.20. The molecule has 92 heavy (non-hydrogen) atoms. The van der Waals surface area contributed by atoms with E-state index in [0.29, 0.717) is 0 Å². The summed E-state index contributed by atoms with van der Waals surface area (Å²) in [6, 6.07) is 31.2. The van der Waals surface area contributed by atoms with Crippen molar-refractivity contribution in [3.8, 4) is 0 Å². The number of alkyl halides is 24. The van der Waals surface area contributed by atoms with Gasteiger partial charge < -0.3 is 0 Å². The van der Waals surface area contributed by atoms with Crippen LogP contribution in [0.1, 0.15) is 54.9 Å². The summed E-state index contributed by atoms with van der Waals surface area (Å²) in [4.78, 5) is 14.1. The van der Waals surface area contributed by atoms with E-state index < -0.39 is 195 Å². The molecule has 10 aromatic carbocycles. The van der Waals surface area contributed by atoms with Gasteiger partial charge >= 0.3 is 49.4 Å². The van der Waals surface area contributed by atoms with E-state index in [4.69, 9.17) is 0 Å². The van der Waals surface area contributed by atoms with Gasteiger partial charge in [-0.25, -0.2) is 0 Å². The van der Waals surface area contributed by atoms with Gasteiger partial charge in [0.2, 0.25) is 17.8 Å². The molecule has 0 unspecified atom stereocenters. The number of nitrogens with zero attached hydrogens (tertiary/aromatic N) is 1. The van der Waals surface area contributed by atoms with E-state index in [9.17, 15) is 110 Å². The van der Waals surface area contributed by atoms with Crippen LogP contribution in [-0.4, -0.2) is 11.9 Å². The number of Topliss-reactive ketones (excluding diaryl/α,β-unsaturated/α-hetero) is 1. The lowest BCUT2D eigenvalue weighted by molar-refractivity contribution is -0.657. The maximum atomic E-state index is 14.2. The summed E-state index contributed by atoms with van der Waals surface area (Å²) in [7, 11) is 0. The Morgan fingerprint density at radius 2 is 0.522 bits per heavy atom. The van der Waals surface area contributed by atoms with Crippen LogP contribution in [0.3, 0.4) is 0 Å². The minimum atomic E-state index is -6.13. The molecule has 2 nitrogen and oxygen atoms in total. The van der Waals surface area contributed by atoms with Gasteiger partial charge in [0.05, 0.1) is 44.5 Å². The van der Waals surface area contributed by atoms with Crippen molar-refractivity contribution in [3.63, 3.8) is 0 Å². The van der Waals surface area contributed by atoms with Gasteiger partial charge in [0.1, 0.15) is 6.15 Å². The van der Waals surface area contributed by atoms with E-state index in [-0.39, 0.29) is 12.3 Å². The molecule has 0 aliphatic carbocycles. The van der Waals surface area contributed by atoms with Crippen molar-refractivity contribution in [1.29, 1.82) is 0 Å². The molecule has 0 saturated carbocycles. The van der Waals surface area contributed by atoms with Crippen LogP contribution in [0.25, 0.3) is 54.0 Å². The second-order valence-electron chi connectivity index (χ2n) is 21.4. The number of rotatable bonds is 7. The van der Waals surface area contributed by atoms with E-state index in [1.807, 2.05) is 24.4 Å². The van der Waals surface area contributed by atoms with Crippen LogP contribution in [-0.2, 0) is 56.0 Å². The zero-order valence-electron chi connectivity index (χ0n) is 45.7. The van der Waals surface area contributed by atoms with Gasteiger partial charge in [-0.1, -0.05) is 109 Å². The van der Waals surface area contributed by atoms with Gasteiger partial charge in [0, 0.05) is 23.1 Å². The Kier molecular flexibility index (Phi) is 16.3. The van der Waals surface area contributed by atoms with Crippen LogP contribution in [0.15, 0.2) is 194 Å². The molecule has 27 heteroatoms. The molecule has 1 heterocycles. The Bertz CT molecular complexity index is 4170. The summed E-state index contributed by atoms with van der Waals surface area (Å²) in [5.74, 6) is 0.118. The zero-order valence-corrected chi connectivity index (χ0v) is 45.7. The fourth-order valence-corrected chi connectivity index (χ4v) is 11.5. The molecular weight excluding hydrogens is 1280 g/mol. The Labute approximate surface area is 501 Å². The minimum Gasteiger partial charge on any atom is -0.287 e. The number of carbonyl (C=O) groups excluding carboxylic acids is 1. The number of aromatic nitrogens is 1. The quantitative estimate of drug-likeness (QED) is 0.0512. The Morgan fingerprint density at radius 3 is 0.804 bits per heavy atom. The van der Waals surface area contributed by atoms with E-state index in [0.717, 1.165) is 48.8 Å². The normalized spacial score (nSPS) is 13.3. The first-order chi connectivity index (χ1) is 42.5. The largest absolute Gasteiger partial charge is 0.416 e. The van der Waals surface area contributed by atoms with Crippen LogP contribution in [0.4, 0.5) is 105 Å². The van der Waals surface area contributed by atoms with Crippen molar-refractivity contribution in [2.45, 2.75) is 56.0 Å².